The van der Waals surface area contributed by atoms with Gasteiger partial charge in [-0.05, 0) is 18.2 Å². The maximum Gasteiger partial charge on any atom is 0.233 e. The molecule has 114 valence electrons. The monoisotopic (exact) mass is 360 g/mol. The molecule has 0 radical (unpaired) electrons. The highest BCUT2D eigenvalue weighted by Crippen LogP contribution is 2.34. The van der Waals surface area contributed by atoms with Crippen LogP contribution in [-0.4, -0.2) is 23.2 Å². The fourth-order valence-corrected chi connectivity index (χ4v) is 2.77. The average molecular weight is 361 g/mol. The van der Waals surface area contributed by atoms with E-state index in [0.717, 1.165) is 29.1 Å². The Balaban J connectivity index is 1.73. The lowest BCUT2D eigenvalue weighted by Crippen LogP contribution is -2.45. The van der Waals surface area contributed by atoms with Crippen molar-refractivity contribution in [2.45, 2.75) is 32.1 Å². The molecule has 1 aliphatic rings. The fraction of sp³-hybridized carbons (Fsp3) is 0.438. The first-order valence-electron chi connectivity index (χ1n) is 7.17. The lowest BCUT2D eigenvalue weighted by atomic mass is 9.95. The second-order valence-electron chi connectivity index (χ2n) is 6.58. The Morgan fingerprint density at radius 2 is 2.09 bits per heavy atom. The van der Waals surface area contributed by atoms with Gasteiger partial charge in [-0.15, -0.1) is 0 Å². The summed E-state index contributed by atoms with van der Waals surface area (Å²) in [4.78, 5) is 6.67. The number of anilines is 1. The molecule has 2 heterocycles. The molecule has 5 nitrogen and oxygen atoms in total. The zero-order chi connectivity index (χ0) is 15.9. The van der Waals surface area contributed by atoms with Crippen molar-refractivity contribution < 1.29 is 4.52 Å². The van der Waals surface area contributed by atoms with Gasteiger partial charge in [0, 0.05) is 23.0 Å². The smallest absolute Gasteiger partial charge is 0.233 e. The van der Waals surface area contributed by atoms with Crippen LogP contribution in [-0.2, 0) is 5.41 Å². The summed E-state index contributed by atoms with van der Waals surface area (Å²) in [6.07, 6.45) is 0. The van der Waals surface area contributed by atoms with Gasteiger partial charge in [0.25, 0.3) is 0 Å². The topological polar surface area (TPSA) is 66.0 Å². The van der Waals surface area contributed by atoms with Crippen molar-refractivity contribution in [3.8, 4) is 6.07 Å². The van der Waals surface area contributed by atoms with Gasteiger partial charge >= 0.3 is 0 Å². The highest BCUT2D eigenvalue weighted by atomic mass is 79.9. The zero-order valence-corrected chi connectivity index (χ0v) is 14.4. The number of rotatable bonds is 2. The molecule has 0 aliphatic carbocycles. The summed E-state index contributed by atoms with van der Waals surface area (Å²) in [5, 5.41) is 13.3. The van der Waals surface area contributed by atoms with Crippen molar-refractivity contribution in [3.05, 3.63) is 40.0 Å². The molecule has 1 aromatic heterocycles. The van der Waals surface area contributed by atoms with E-state index in [2.05, 4.69) is 57.8 Å². The Morgan fingerprint density at radius 3 is 2.68 bits per heavy atom. The first kappa shape index (κ1) is 15.0. The van der Waals surface area contributed by atoms with Crippen molar-refractivity contribution >= 4 is 21.6 Å². The Bertz CT molecular complexity index is 735. The molecule has 1 aliphatic heterocycles. The Hall–Kier alpha value is -1.87. The molecule has 0 saturated carbocycles. The first-order valence-corrected chi connectivity index (χ1v) is 7.96. The summed E-state index contributed by atoms with van der Waals surface area (Å²) < 4.78 is 6.31. The van der Waals surface area contributed by atoms with Crippen molar-refractivity contribution in [1.29, 1.82) is 5.26 Å². The SMILES string of the molecule is CC(C)(C)c1noc(C2CN(c3ccc(Br)cc3C#N)C2)n1. The summed E-state index contributed by atoms with van der Waals surface area (Å²) in [6, 6.07) is 8.00. The maximum atomic E-state index is 9.25. The van der Waals surface area contributed by atoms with Crippen LogP contribution in [0.5, 0.6) is 0 Å². The number of hydrogen-bond donors (Lipinski definition) is 0. The van der Waals surface area contributed by atoms with Crippen molar-refractivity contribution in [2.24, 2.45) is 0 Å². The predicted octanol–water partition coefficient (Wildman–Crippen LogP) is 3.61. The van der Waals surface area contributed by atoms with Crippen LogP contribution in [0.25, 0.3) is 0 Å². The molecule has 0 N–H and O–H groups in total. The van der Waals surface area contributed by atoms with E-state index in [1.807, 2.05) is 18.2 Å². The van der Waals surface area contributed by atoms with Gasteiger partial charge in [0.05, 0.1) is 17.2 Å². The van der Waals surface area contributed by atoms with Gasteiger partial charge < -0.3 is 9.42 Å². The van der Waals surface area contributed by atoms with E-state index < -0.39 is 0 Å². The van der Waals surface area contributed by atoms with Crippen molar-refractivity contribution in [1.82, 2.24) is 10.1 Å². The molecule has 0 amide bonds. The minimum atomic E-state index is -0.106. The number of benzene rings is 1. The molecule has 0 unspecified atom stereocenters. The molecular formula is C16H17BrN4O. The highest BCUT2D eigenvalue weighted by molar-refractivity contribution is 9.10. The van der Waals surface area contributed by atoms with Gasteiger partial charge in [0.1, 0.15) is 6.07 Å². The third-order valence-electron chi connectivity index (χ3n) is 3.76. The van der Waals surface area contributed by atoms with Gasteiger partial charge in [-0.1, -0.05) is 41.9 Å². The van der Waals surface area contributed by atoms with E-state index in [4.69, 9.17) is 4.52 Å². The van der Waals surface area contributed by atoms with Gasteiger partial charge in [-0.25, -0.2) is 0 Å². The summed E-state index contributed by atoms with van der Waals surface area (Å²) in [5.74, 6) is 1.66. The van der Waals surface area contributed by atoms with Crippen LogP contribution in [0.4, 0.5) is 5.69 Å². The minimum Gasteiger partial charge on any atom is -0.369 e. The van der Waals surface area contributed by atoms with E-state index in [1.54, 1.807) is 0 Å². The highest BCUT2D eigenvalue weighted by Gasteiger charge is 2.35. The molecule has 0 bridgehead atoms. The normalized spacial score (nSPS) is 15.5. The molecule has 1 aromatic carbocycles. The average Bonchev–Trinajstić information content (AvgIpc) is 2.88. The molecule has 3 rings (SSSR count). The largest absolute Gasteiger partial charge is 0.369 e. The molecule has 6 heteroatoms. The zero-order valence-electron chi connectivity index (χ0n) is 12.8. The second kappa shape index (κ2) is 5.40. The number of aromatic nitrogens is 2. The van der Waals surface area contributed by atoms with Gasteiger partial charge in [0.15, 0.2) is 5.82 Å². The van der Waals surface area contributed by atoms with E-state index in [0.29, 0.717) is 11.5 Å². The summed E-state index contributed by atoms with van der Waals surface area (Å²) in [5.41, 5.74) is 1.52. The predicted molar refractivity (Wildman–Crippen MR) is 86.8 cm³/mol. The number of nitriles is 1. The Morgan fingerprint density at radius 1 is 1.36 bits per heavy atom. The van der Waals surface area contributed by atoms with E-state index >= 15 is 0 Å². The number of nitrogens with zero attached hydrogens (tertiary/aromatic N) is 4. The standard InChI is InChI=1S/C16H17BrN4O/c1-16(2,3)15-19-14(22-20-15)11-8-21(9-11)13-5-4-12(17)6-10(13)7-18/h4-6,11H,8-9H2,1-3H3. The molecular weight excluding hydrogens is 344 g/mol. The Labute approximate surface area is 138 Å². The molecule has 0 spiro atoms. The molecule has 22 heavy (non-hydrogen) atoms. The summed E-state index contributed by atoms with van der Waals surface area (Å²) >= 11 is 3.39. The van der Waals surface area contributed by atoms with Crippen LogP contribution in [0.2, 0.25) is 0 Å². The summed E-state index contributed by atoms with van der Waals surface area (Å²) in [6.45, 7) is 7.78. The lowest BCUT2D eigenvalue weighted by Gasteiger charge is -2.39. The molecule has 1 fully saturated rings. The van der Waals surface area contributed by atoms with Gasteiger partial charge in [-0.3, -0.25) is 0 Å². The van der Waals surface area contributed by atoms with Crippen LogP contribution >= 0.6 is 15.9 Å². The van der Waals surface area contributed by atoms with E-state index in [9.17, 15) is 5.26 Å². The molecule has 1 saturated heterocycles. The second-order valence-corrected chi connectivity index (χ2v) is 7.50. The van der Waals surface area contributed by atoms with Gasteiger partial charge in [0.2, 0.25) is 5.89 Å². The van der Waals surface area contributed by atoms with Gasteiger partial charge in [-0.2, -0.15) is 10.2 Å². The number of halogens is 1. The number of hydrogen-bond acceptors (Lipinski definition) is 5. The van der Waals surface area contributed by atoms with E-state index in [-0.39, 0.29) is 11.3 Å². The van der Waals surface area contributed by atoms with Crippen LogP contribution in [0.1, 0.15) is 44.0 Å². The van der Waals surface area contributed by atoms with Crippen LogP contribution < -0.4 is 4.90 Å². The third-order valence-corrected chi connectivity index (χ3v) is 4.26. The summed E-state index contributed by atoms with van der Waals surface area (Å²) in [7, 11) is 0. The quantitative estimate of drug-likeness (QED) is 0.818. The third kappa shape index (κ3) is 2.73. The maximum absolute atomic E-state index is 9.25. The van der Waals surface area contributed by atoms with Crippen LogP contribution in [0.3, 0.4) is 0 Å². The minimum absolute atomic E-state index is 0.106. The van der Waals surface area contributed by atoms with Crippen molar-refractivity contribution in [2.75, 3.05) is 18.0 Å². The fourth-order valence-electron chi connectivity index (χ4n) is 2.41. The van der Waals surface area contributed by atoms with E-state index in [1.165, 1.54) is 0 Å². The Kier molecular flexibility index (Phi) is 3.69. The molecule has 0 atom stereocenters. The van der Waals surface area contributed by atoms with Crippen LogP contribution in [0, 0.1) is 11.3 Å². The van der Waals surface area contributed by atoms with Crippen LogP contribution in [0.15, 0.2) is 27.2 Å². The molecule has 2 aromatic rings. The first-order chi connectivity index (χ1) is 10.4. The van der Waals surface area contributed by atoms with Crippen molar-refractivity contribution in [3.63, 3.8) is 0 Å². The lowest BCUT2D eigenvalue weighted by molar-refractivity contribution is 0.322.